The van der Waals surface area contributed by atoms with Crippen LogP contribution in [0.4, 0.5) is 4.79 Å². The second-order valence-electron chi connectivity index (χ2n) is 4.90. The van der Waals surface area contributed by atoms with Gasteiger partial charge in [0.15, 0.2) is 5.78 Å². The van der Waals surface area contributed by atoms with Crippen LogP contribution in [0.5, 0.6) is 0 Å². The van der Waals surface area contributed by atoms with Crippen LogP contribution in [0.15, 0.2) is 0 Å². The zero-order valence-electron chi connectivity index (χ0n) is 12.2. The van der Waals surface area contributed by atoms with Gasteiger partial charge in [0.2, 0.25) is 13.2 Å². The number of nitrogens with zero attached hydrogens (tertiary/aromatic N) is 2. The van der Waals surface area contributed by atoms with Crippen LogP contribution in [0.1, 0.15) is 25.7 Å². The van der Waals surface area contributed by atoms with Gasteiger partial charge in [0.05, 0.1) is 6.04 Å². The van der Waals surface area contributed by atoms with E-state index < -0.39 is 24.9 Å². The van der Waals surface area contributed by atoms with Gasteiger partial charge < -0.3 is 19.3 Å². The Morgan fingerprint density at radius 1 is 1.29 bits per heavy atom. The molecule has 2 amide bonds. The van der Waals surface area contributed by atoms with E-state index in [9.17, 15) is 19.2 Å². The number of carbonyl (C=O) groups is 4. The van der Waals surface area contributed by atoms with Gasteiger partial charge >= 0.3 is 12.1 Å². The fraction of sp³-hybridized carbons (Fsp3) is 0.692. The molecule has 1 fully saturated rings. The van der Waals surface area contributed by atoms with Crippen LogP contribution in [0.2, 0.25) is 0 Å². The van der Waals surface area contributed by atoms with Crippen LogP contribution in [-0.2, 0) is 23.9 Å². The van der Waals surface area contributed by atoms with Gasteiger partial charge in [-0.2, -0.15) is 0 Å². The van der Waals surface area contributed by atoms with E-state index >= 15 is 0 Å². The Balaban J connectivity index is 2.31. The predicted octanol–water partition coefficient (Wildman–Crippen LogP) is 0.155. The van der Waals surface area contributed by atoms with Crippen molar-refractivity contribution in [3.63, 3.8) is 0 Å². The molecule has 0 aromatic carbocycles. The Hall–Kier alpha value is -2.12. The zero-order valence-corrected chi connectivity index (χ0v) is 12.2. The summed E-state index contributed by atoms with van der Waals surface area (Å²) in [6.45, 7) is -0.770. The van der Waals surface area contributed by atoms with Crippen LogP contribution in [-0.4, -0.2) is 67.5 Å². The zero-order chi connectivity index (χ0) is 15.8. The van der Waals surface area contributed by atoms with E-state index in [-0.39, 0.29) is 12.3 Å². The van der Waals surface area contributed by atoms with Gasteiger partial charge in [0.1, 0.15) is 6.54 Å². The summed E-state index contributed by atoms with van der Waals surface area (Å²) in [5.41, 5.74) is 0. The van der Waals surface area contributed by atoms with Crippen molar-refractivity contribution in [3.8, 4) is 0 Å². The van der Waals surface area contributed by atoms with Gasteiger partial charge in [-0.3, -0.25) is 14.4 Å². The largest absolute Gasteiger partial charge is 0.426 e. The van der Waals surface area contributed by atoms with Crippen molar-refractivity contribution in [3.05, 3.63) is 0 Å². The molecule has 0 aliphatic heterocycles. The van der Waals surface area contributed by atoms with Crippen molar-refractivity contribution in [2.24, 2.45) is 0 Å². The maximum atomic E-state index is 11.7. The first-order valence-corrected chi connectivity index (χ1v) is 6.69. The molecule has 1 unspecified atom stereocenters. The molecule has 8 nitrogen and oxygen atoms in total. The molecule has 8 heteroatoms. The second-order valence-corrected chi connectivity index (χ2v) is 4.90. The maximum absolute atomic E-state index is 11.7. The molecule has 1 atom stereocenters. The van der Waals surface area contributed by atoms with E-state index in [1.807, 2.05) is 0 Å². The third-order valence-corrected chi connectivity index (χ3v) is 3.24. The third-order valence-electron chi connectivity index (χ3n) is 3.24. The highest BCUT2D eigenvalue weighted by atomic mass is 16.7. The predicted molar refractivity (Wildman–Crippen MR) is 71.2 cm³/mol. The lowest BCUT2D eigenvalue weighted by atomic mass is 9.93. The Labute approximate surface area is 123 Å². The fourth-order valence-electron chi connectivity index (χ4n) is 2.04. The van der Waals surface area contributed by atoms with Crippen molar-refractivity contribution < 1.29 is 28.7 Å². The molecule has 1 aliphatic carbocycles. The SMILES string of the molecule is CN(C=O)CC(=O)OCOC(=O)N(C)C1CCCCC1=O. The maximum Gasteiger partial charge on any atom is 0.413 e. The highest BCUT2D eigenvalue weighted by Crippen LogP contribution is 2.19. The average Bonchev–Trinajstić information content (AvgIpc) is 2.46. The normalized spacial score (nSPS) is 17.8. The summed E-state index contributed by atoms with van der Waals surface area (Å²) >= 11 is 0. The fourth-order valence-corrected chi connectivity index (χ4v) is 2.04. The van der Waals surface area contributed by atoms with Gasteiger partial charge in [-0.15, -0.1) is 0 Å². The Morgan fingerprint density at radius 2 is 2.00 bits per heavy atom. The van der Waals surface area contributed by atoms with E-state index in [0.717, 1.165) is 17.7 Å². The van der Waals surface area contributed by atoms with Crippen molar-refractivity contribution in [1.29, 1.82) is 0 Å². The Bertz CT molecular complexity index is 411. The van der Waals surface area contributed by atoms with E-state index in [0.29, 0.717) is 19.3 Å². The molecule has 0 bridgehead atoms. The van der Waals surface area contributed by atoms with Crippen LogP contribution >= 0.6 is 0 Å². The number of rotatable bonds is 6. The first-order valence-electron chi connectivity index (χ1n) is 6.69. The van der Waals surface area contributed by atoms with Gasteiger partial charge in [0.25, 0.3) is 0 Å². The van der Waals surface area contributed by atoms with Gasteiger partial charge in [0, 0.05) is 20.5 Å². The van der Waals surface area contributed by atoms with Crippen LogP contribution in [0.3, 0.4) is 0 Å². The highest BCUT2D eigenvalue weighted by Gasteiger charge is 2.29. The minimum absolute atomic E-state index is 0.0188. The molecule has 0 aromatic rings. The summed E-state index contributed by atoms with van der Waals surface area (Å²) in [6.07, 6.45) is 2.59. The van der Waals surface area contributed by atoms with E-state index in [2.05, 4.69) is 4.74 Å². The summed E-state index contributed by atoms with van der Waals surface area (Å²) in [5, 5.41) is 0. The summed E-state index contributed by atoms with van der Waals surface area (Å²) in [4.78, 5) is 47.3. The summed E-state index contributed by atoms with van der Waals surface area (Å²) < 4.78 is 9.43. The number of esters is 1. The van der Waals surface area contributed by atoms with E-state index in [1.165, 1.54) is 19.0 Å². The van der Waals surface area contributed by atoms with Crippen LogP contribution in [0.25, 0.3) is 0 Å². The van der Waals surface area contributed by atoms with Gasteiger partial charge in [-0.1, -0.05) is 6.42 Å². The summed E-state index contributed by atoms with van der Waals surface area (Å²) in [7, 11) is 2.90. The molecule has 0 N–H and O–H groups in total. The van der Waals surface area contributed by atoms with Crippen molar-refractivity contribution in [2.75, 3.05) is 27.4 Å². The minimum atomic E-state index is -0.716. The number of likely N-dealkylation sites (N-methyl/N-ethyl adjacent to an activating group) is 2. The number of ketones is 1. The second kappa shape index (κ2) is 8.23. The smallest absolute Gasteiger partial charge is 0.413 e. The highest BCUT2D eigenvalue weighted by molar-refractivity contribution is 5.87. The molecule has 0 spiro atoms. The average molecular weight is 300 g/mol. The molecule has 118 valence electrons. The van der Waals surface area contributed by atoms with Crippen LogP contribution < -0.4 is 0 Å². The molecule has 1 aliphatic rings. The number of hydrogen-bond donors (Lipinski definition) is 0. The molecular weight excluding hydrogens is 280 g/mol. The number of Topliss-reactive ketones (excluding diaryl/α,β-unsaturated/α-hetero) is 1. The molecule has 0 saturated heterocycles. The topological polar surface area (TPSA) is 93.2 Å². The minimum Gasteiger partial charge on any atom is -0.426 e. The lowest BCUT2D eigenvalue weighted by molar-refractivity contribution is -0.154. The molecule has 0 heterocycles. The molecular formula is C13H20N2O6. The number of carbonyl (C=O) groups excluding carboxylic acids is 4. The lowest BCUT2D eigenvalue weighted by Crippen LogP contribution is -2.44. The third kappa shape index (κ3) is 5.41. The first kappa shape index (κ1) is 16.9. The summed E-state index contributed by atoms with van der Waals surface area (Å²) in [6, 6.07) is -0.469. The Morgan fingerprint density at radius 3 is 2.62 bits per heavy atom. The van der Waals surface area contributed by atoms with Crippen LogP contribution in [0, 0.1) is 0 Å². The summed E-state index contributed by atoms with van der Waals surface area (Å²) in [5.74, 6) is -0.668. The number of ether oxygens (including phenoxy) is 2. The van der Waals surface area contributed by atoms with Gasteiger partial charge in [-0.05, 0) is 12.8 Å². The Kier molecular flexibility index (Phi) is 6.64. The molecule has 21 heavy (non-hydrogen) atoms. The lowest BCUT2D eigenvalue weighted by Gasteiger charge is -2.29. The quantitative estimate of drug-likeness (QED) is 0.394. The first-order chi connectivity index (χ1) is 9.95. The molecule has 0 radical (unpaired) electrons. The van der Waals surface area contributed by atoms with E-state index in [4.69, 9.17) is 4.74 Å². The molecule has 1 rings (SSSR count). The van der Waals surface area contributed by atoms with Crippen molar-refractivity contribution in [1.82, 2.24) is 9.80 Å². The monoisotopic (exact) mass is 300 g/mol. The standard InChI is InChI=1S/C13H20N2O6/c1-14(8-16)7-12(18)20-9-21-13(19)15(2)10-5-3-4-6-11(10)17/h8,10H,3-7,9H2,1-2H3. The number of amides is 2. The van der Waals surface area contributed by atoms with Gasteiger partial charge in [-0.25, -0.2) is 4.79 Å². The van der Waals surface area contributed by atoms with E-state index in [1.54, 1.807) is 0 Å². The molecule has 0 aromatic heterocycles. The molecule has 1 saturated carbocycles. The number of hydrogen-bond acceptors (Lipinski definition) is 6. The van der Waals surface area contributed by atoms with Crippen molar-refractivity contribution >= 4 is 24.3 Å². The van der Waals surface area contributed by atoms with Crippen molar-refractivity contribution in [2.45, 2.75) is 31.7 Å².